The SMILES string of the molecule is O=C(CNc1cc(Cl)ccc1Cl)NCc1ccco1. The number of carbonyl (C=O) groups is 1. The molecular weight excluding hydrogens is 287 g/mol. The number of anilines is 1. The highest BCUT2D eigenvalue weighted by atomic mass is 35.5. The standard InChI is InChI=1S/C13H12Cl2N2O2/c14-9-3-4-11(15)12(6-9)16-8-13(18)17-7-10-2-1-5-19-10/h1-6,16H,7-8H2,(H,17,18). The van der Waals surface area contributed by atoms with Crippen LogP contribution in [0.5, 0.6) is 0 Å². The average molecular weight is 299 g/mol. The molecule has 6 heteroatoms. The summed E-state index contributed by atoms with van der Waals surface area (Å²) in [6.45, 7) is 0.470. The fourth-order valence-electron chi connectivity index (χ4n) is 1.47. The van der Waals surface area contributed by atoms with Gasteiger partial charge in [0, 0.05) is 5.02 Å². The third-order valence-corrected chi connectivity index (χ3v) is 2.97. The zero-order valence-electron chi connectivity index (χ0n) is 9.95. The van der Waals surface area contributed by atoms with Gasteiger partial charge in [-0.05, 0) is 30.3 Å². The Hall–Kier alpha value is -1.65. The van der Waals surface area contributed by atoms with Crippen LogP contribution in [-0.4, -0.2) is 12.5 Å². The Kier molecular flexibility index (Phi) is 4.71. The normalized spacial score (nSPS) is 10.2. The molecule has 0 unspecified atom stereocenters. The number of carbonyl (C=O) groups excluding carboxylic acids is 1. The molecule has 4 nitrogen and oxygen atoms in total. The van der Waals surface area contributed by atoms with E-state index in [2.05, 4.69) is 10.6 Å². The van der Waals surface area contributed by atoms with Crippen LogP contribution in [0.1, 0.15) is 5.76 Å². The third kappa shape index (κ3) is 4.19. The topological polar surface area (TPSA) is 54.3 Å². The van der Waals surface area contributed by atoms with Crippen LogP contribution >= 0.6 is 23.2 Å². The lowest BCUT2D eigenvalue weighted by Gasteiger charge is -2.08. The van der Waals surface area contributed by atoms with E-state index in [9.17, 15) is 4.79 Å². The van der Waals surface area contributed by atoms with Crippen molar-refractivity contribution >= 4 is 34.8 Å². The van der Waals surface area contributed by atoms with Gasteiger partial charge < -0.3 is 15.1 Å². The van der Waals surface area contributed by atoms with E-state index >= 15 is 0 Å². The molecule has 2 N–H and O–H groups in total. The molecule has 0 fully saturated rings. The van der Waals surface area contributed by atoms with Gasteiger partial charge in [0.2, 0.25) is 5.91 Å². The highest BCUT2D eigenvalue weighted by molar-refractivity contribution is 6.35. The number of halogens is 2. The van der Waals surface area contributed by atoms with Gasteiger partial charge in [0.1, 0.15) is 5.76 Å². The van der Waals surface area contributed by atoms with E-state index < -0.39 is 0 Å². The molecule has 2 aromatic rings. The van der Waals surface area contributed by atoms with Crippen molar-refractivity contribution in [1.82, 2.24) is 5.32 Å². The highest BCUT2D eigenvalue weighted by Gasteiger charge is 2.05. The maximum Gasteiger partial charge on any atom is 0.239 e. The summed E-state index contributed by atoms with van der Waals surface area (Å²) in [4.78, 5) is 11.6. The first-order chi connectivity index (χ1) is 9.15. The Morgan fingerprint density at radius 2 is 2.11 bits per heavy atom. The number of furan rings is 1. The second-order valence-corrected chi connectivity index (χ2v) is 4.68. The molecule has 0 aliphatic carbocycles. The van der Waals surface area contributed by atoms with E-state index in [0.29, 0.717) is 28.0 Å². The summed E-state index contributed by atoms with van der Waals surface area (Å²) in [7, 11) is 0. The van der Waals surface area contributed by atoms with E-state index in [1.54, 1.807) is 36.6 Å². The van der Waals surface area contributed by atoms with Crippen LogP contribution in [0.25, 0.3) is 0 Å². The molecule has 19 heavy (non-hydrogen) atoms. The summed E-state index contributed by atoms with van der Waals surface area (Å²) in [5, 5.41) is 6.72. The molecule has 0 radical (unpaired) electrons. The van der Waals surface area contributed by atoms with Crippen molar-refractivity contribution in [3.63, 3.8) is 0 Å². The maximum absolute atomic E-state index is 11.6. The van der Waals surface area contributed by atoms with Gasteiger partial charge in [-0.15, -0.1) is 0 Å². The van der Waals surface area contributed by atoms with Gasteiger partial charge in [0.15, 0.2) is 0 Å². The summed E-state index contributed by atoms with van der Waals surface area (Å²) in [5.74, 6) is 0.543. The average Bonchev–Trinajstić information content (AvgIpc) is 2.90. The largest absolute Gasteiger partial charge is 0.467 e. The zero-order valence-corrected chi connectivity index (χ0v) is 11.5. The Bertz CT molecular complexity index is 556. The first-order valence-electron chi connectivity index (χ1n) is 5.63. The summed E-state index contributed by atoms with van der Waals surface area (Å²) in [6.07, 6.45) is 1.56. The summed E-state index contributed by atoms with van der Waals surface area (Å²) < 4.78 is 5.11. The Balaban J connectivity index is 1.81. The number of hydrogen-bond acceptors (Lipinski definition) is 3. The van der Waals surface area contributed by atoms with Crippen molar-refractivity contribution in [3.8, 4) is 0 Å². The van der Waals surface area contributed by atoms with Gasteiger partial charge in [-0.3, -0.25) is 4.79 Å². The van der Waals surface area contributed by atoms with Crippen molar-refractivity contribution in [1.29, 1.82) is 0 Å². The van der Waals surface area contributed by atoms with Crippen LogP contribution in [0.2, 0.25) is 10.0 Å². The molecule has 1 amide bonds. The molecule has 1 heterocycles. The molecule has 0 saturated heterocycles. The van der Waals surface area contributed by atoms with Crippen LogP contribution < -0.4 is 10.6 Å². The molecule has 0 saturated carbocycles. The van der Waals surface area contributed by atoms with E-state index in [0.717, 1.165) is 0 Å². The minimum absolute atomic E-state index is 0.112. The molecule has 1 aromatic heterocycles. The lowest BCUT2D eigenvalue weighted by Crippen LogP contribution is -2.29. The molecule has 100 valence electrons. The van der Waals surface area contributed by atoms with Crippen LogP contribution in [0.15, 0.2) is 41.0 Å². The van der Waals surface area contributed by atoms with Crippen molar-refractivity contribution in [2.45, 2.75) is 6.54 Å². The lowest BCUT2D eigenvalue weighted by atomic mass is 10.3. The summed E-state index contributed by atoms with van der Waals surface area (Å²) >= 11 is 11.8. The number of amides is 1. The number of rotatable bonds is 5. The molecule has 2 rings (SSSR count). The fourth-order valence-corrected chi connectivity index (χ4v) is 1.83. The van der Waals surface area contributed by atoms with Crippen LogP contribution in [-0.2, 0) is 11.3 Å². The van der Waals surface area contributed by atoms with Gasteiger partial charge in [-0.1, -0.05) is 23.2 Å². The van der Waals surface area contributed by atoms with E-state index in [1.807, 2.05) is 0 Å². The van der Waals surface area contributed by atoms with Gasteiger partial charge in [-0.25, -0.2) is 0 Å². The monoisotopic (exact) mass is 298 g/mol. The number of benzene rings is 1. The van der Waals surface area contributed by atoms with Crippen LogP contribution in [0.3, 0.4) is 0 Å². The minimum Gasteiger partial charge on any atom is -0.467 e. The second-order valence-electron chi connectivity index (χ2n) is 3.83. The maximum atomic E-state index is 11.6. The number of nitrogens with one attached hydrogen (secondary N) is 2. The number of hydrogen-bond donors (Lipinski definition) is 2. The quantitative estimate of drug-likeness (QED) is 0.890. The fraction of sp³-hybridized carbons (Fsp3) is 0.154. The molecule has 0 atom stereocenters. The Morgan fingerprint density at radius 1 is 1.26 bits per heavy atom. The first kappa shape index (κ1) is 13.8. The summed E-state index contributed by atoms with van der Waals surface area (Å²) in [5.41, 5.74) is 0.627. The molecule has 0 bridgehead atoms. The van der Waals surface area contributed by atoms with Crippen molar-refractivity contribution in [2.75, 3.05) is 11.9 Å². The van der Waals surface area contributed by atoms with Crippen molar-refractivity contribution in [3.05, 3.63) is 52.4 Å². The van der Waals surface area contributed by atoms with Gasteiger partial charge in [0.25, 0.3) is 0 Å². The summed E-state index contributed by atoms with van der Waals surface area (Å²) in [6, 6.07) is 8.59. The molecule has 1 aromatic carbocycles. The highest BCUT2D eigenvalue weighted by Crippen LogP contribution is 2.24. The van der Waals surface area contributed by atoms with Crippen LogP contribution in [0, 0.1) is 0 Å². The van der Waals surface area contributed by atoms with E-state index in [1.165, 1.54) is 0 Å². The molecular formula is C13H12Cl2N2O2. The predicted octanol–water partition coefficient (Wildman–Crippen LogP) is 3.31. The minimum atomic E-state index is -0.160. The third-order valence-electron chi connectivity index (χ3n) is 2.41. The molecule has 0 spiro atoms. The zero-order chi connectivity index (χ0) is 13.7. The van der Waals surface area contributed by atoms with E-state index in [4.69, 9.17) is 27.6 Å². The smallest absolute Gasteiger partial charge is 0.239 e. The Labute approximate surface area is 120 Å². The van der Waals surface area contributed by atoms with Crippen LogP contribution in [0.4, 0.5) is 5.69 Å². The van der Waals surface area contributed by atoms with E-state index in [-0.39, 0.29) is 12.5 Å². The lowest BCUT2D eigenvalue weighted by molar-refractivity contribution is -0.119. The first-order valence-corrected chi connectivity index (χ1v) is 6.39. The Morgan fingerprint density at radius 3 is 2.84 bits per heavy atom. The van der Waals surface area contributed by atoms with Gasteiger partial charge in [-0.2, -0.15) is 0 Å². The van der Waals surface area contributed by atoms with Crippen molar-refractivity contribution < 1.29 is 9.21 Å². The van der Waals surface area contributed by atoms with Gasteiger partial charge in [0.05, 0.1) is 30.1 Å². The molecule has 0 aliphatic rings. The van der Waals surface area contributed by atoms with Gasteiger partial charge >= 0.3 is 0 Å². The second kappa shape index (κ2) is 6.50. The van der Waals surface area contributed by atoms with Crippen molar-refractivity contribution in [2.24, 2.45) is 0 Å². The predicted molar refractivity (Wildman–Crippen MR) is 75.5 cm³/mol. The molecule has 0 aliphatic heterocycles.